The highest BCUT2D eigenvalue weighted by atomic mass is 19.1. The topological polar surface area (TPSA) is 29.5 Å². The van der Waals surface area contributed by atoms with Crippen molar-refractivity contribution in [2.75, 3.05) is 6.61 Å². The van der Waals surface area contributed by atoms with Crippen LogP contribution in [0.5, 0.6) is 5.75 Å². The molecule has 1 aromatic rings. The maximum absolute atomic E-state index is 12.7. The number of halogens is 1. The lowest BCUT2D eigenvalue weighted by atomic mass is 9.88. The van der Waals surface area contributed by atoms with E-state index < -0.39 is 0 Å². The van der Waals surface area contributed by atoms with Crippen molar-refractivity contribution in [2.24, 2.45) is 5.92 Å². The zero-order chi connectivity index (χ0) is 11.4. The van der Waals surface area contributed by atoms with Crippen molar-refractivity contribution in [1.82, 2.24) is 0 Å². The van der Waals surface area contributed by atoms with Crippen molar-refractivity contribution in [3.8, 4) is 5.75 Å². The summed E-state index contributed by atoms with van der Waals surface area (Å²) in [5.74, 6) is 0.929. The first kappa shape index (κ1) is 11.4. The molecular formula is C13H17FO2. The van der Waals surface area contributed by atoms with E-state index >= 15 is 0 Å². The van der Waals surface area contributed by atoms with Gasteiger partial charge in [0, 0.05) is 6.61 Å². The van der Waals surface area contributed by atoms with E-state index in [2.05, 4.69) is 0 Å². The molecule has 16 heavy (non-hydrogen) atoms. The standard InChI is InChI=1S/C13H17FO2/c14-11-3-7-13(8-4-11)16-12-5-1-10(9-15)2-6-12/h3-4,7-8,10,12,15H,1-2,5-6,9H2. The lowest BCUT2D eigenvalue weighted by molar-refractivity contribution is 0.104. The predicted octanol–water partition coefficient (Wildman–Crippen LogP) is 2.76. The molecule has 1 saturated carbocycles. The van der Waals surface area contributed by atoms with Crippen molar-refractivity contribution >= 4 is 0 Å². The number of rotatable bonds is 3. The molecule has 0 radical (unpaired) electrons. The lowest BCUT2D eigenvalue weighted by Gasteiger charge is -2.27. The Morgan fingerprint density at radius 3 is 2.31 bits per heavy atom. The van der Waals surface area contributed by atoms with Gasteiger partial charge in [-0.25, -0.2) is 4.39 Å². The van der Waals surface area contributed by atoms with Gasteiger partial charge in [0.2, 0.25) is 0 Å². The van der Waals surface area contributed by atoms with Gasteiger partial charge >= 0.3 is 0 Å². The van der Waals surface area contributed by atoms with E-state index in [0.29, 0.717) is 5.92 Å². The first-order valence-electron chi connectivity index (χ1n) is 5.81. The monoisotopic (exact) mass is 224 g/mol. The third-order valence-electron chi connectivity index (χ3n) is 3.17. The highest BCUT2D eigenvalue weighted by Crippen LogP contribution is 2.27. The minimum Gasteiger partial charge on any atom is -0.490 e. The number of hydrogen-bond donors (Lipinski definition) is 1. The fourth-order valence-corrected chi connectivity index (χ4v) is 2.14. The molecular weight excluding hydrogens is 207 g/mol. The summed E-state index contributed by atoms with van der Waals surface area (Å²) in [6, 6.07) is 6.14. The minimum absolute atomic E-state index is 0.216. The summed E-state index contributed by atoms with van der Waals surface area (Å²) in [6.45, 7) is 0.281. The van der Waals surface area contributed by atoms with Crippen LogP contribution in [0.2, 0.25) is 0 Å². The second kappa shape index (κ2) is 5.30. The van der Waals surface area contributed by atoms with Crippen molar-refractivity contribution < 1.29 is 14.2 Å². The number of aliphatic hydroxyl groups is 1. The lowest BCUT2D eigenvalue weighted by Crippen LogP contribution is -2.25. The molecule has 2 nitrogen and oxygen atoms in total. The summed E-state index contributed by atoms with van der Waals surface area (Å²) in [5, 5.41) is 9.02. The number of hydrogen-bond acceptors (Lipinski definition) is 2. The van der Waals surface area contributed by atoms with Crippen LogP contribution in [0.15, 0.2) is 24.3 Å². The predicted molar refractivity (Wildman–Crippen MR) is 59.9 cm³/mol. The van der Waals surface area contributed by atoms with Crippen LogP contribution in [0, 0.1) is 11.7 Å². The molecule has 0 heterocycles. The van der Waals surface area contributed by atoms with Gasteiger partial charge in [-0.1, -0.05) is 0 Å². The minimum atomic E-state index is -0.240. The van der Waals surface area contributed by atoms with Crippen molar-refractivity contribution in [3.05, 3.63) is 30.1 Å². The quantitative estimate of drug-likeness (QED) is 0.855. The van der Waals surface area contributed by atoms with Crippen molar-refractivity contribution in [1.29, 1.82) is 0 Å². The normalized spacial score (nSPS) is 25.4. The highest BCUT2D eigenvalue weighted by Gasteiger charge is 2.21. The molecule has 88 valence electrons. The van der Waals surface area contributed by atoms with Gasteiger partial charge in [0.15, 0.2) is 0 Å². The van der Waals surface area contributed by atoms with Gasteiger partial charge in [0.25, 0.3) is 0 Å². The van der Waals surface area contributed by atoms with Crippen LogP contribution in [0.25, 0.3) is 0 Å². The molecule has 2 rings (SSSR count). The fraction of sp³-hybridized carbons (Fsp3) is 0.538. The molecule has 1 N–H and O–H groups in total. The average molecular weight is 224 g/mol. The molecule has 0 bridgehead atoms. The average Bonchev–Trinajstić information content (AvgIpc) is 2.33. The van der Waals surface area contributed by atoms with Crippen LogP contribution < -0.4 is 4.74 Å². The molecule has 0 aliphatic heterocycles. The van der Waals surface area contributed by atoms with Crippen molar-refractivity contribution in [3.63, 3.8) is 0 Å². The number of ether oxygens (including phenoxy) is 1. The van der Waals surface area contributed by atoms with E-state index in [4.69, 9.17) is 9.84 Å². The SMILES string of the molecule is OCC1CCC(Oc2ccc(F)cc2)CC1. The molecule has 1 aromatic carbocycles. The van der Waals surface area contributed by atoms with Gasteiger partial charge in [-0.05, 0) is 55.9 Å². The highest BCUT2D eigenvalue weighted by molar-refractivity contribution is 5.22. The Labute approximate surface area is 95.1 Å². The molecule has 1 fully saturated rings. The zero-order valence-electron chi connectivity index (χ0n) is 9.23. The molecule has 0 unspecified atom stereocenters. The fourth-order valence-electron chi connectivity index (χ4n) is 2.14. The summed E-state index contributed by atoms with van der Waals surface area (Å²) < 4.78 is 18.4. The molecule has 0 atom stereocenters. The summed E-state index contributed by atoms with van der Waals surface area (Å²) in [7, 11) is 0. The molecule has 1 aliphatic carbocycles. The third kappa shape index (κ3) is 2.95. The Morgan fingerprint density at radius 1 is 1.12 bits per heavy atom. The van der Waals surface area contributed by atoms with Crippen LogP contribution >= 0.6 is 0 Å². The molecule has 3 heteroatoms. The summed E-state index contributed by atoms with van der Waals surface area (Å²) >= 11 is 0. The molecule has 0 amide bonds. The second-order valence-electron chi connectivity index (χ2n) is 4.40. The zero-order valence-corrected chi connectivity index (χ0v) is 9.23. The Kier molecular flexibility index (Phi) is 3.78. The summed E-state index contributed by atoms with van der Waals surface area (Å²) in [5.41, 5.74) is 0. The van der Waals surface area contributed by atoms with Crippen LogP contribution in [-0.2, 0) is 0 Å². The van der Waals surface area contributed by atoms with Gasteiger partial charge in [0.1, 0.15) is 11.6 Å². The van der Waals surface area contributed by atoms with Gasteiger partial charge in [0.05, 0.1) is 6.10 Å². The third-order valence-corrected chi connectivity index (χ3v) is 3.17. The van der Waals surface area contributed by atoms with Crippen LogP contribution in [0.3, 0.4) is 0 Å². The van der Waals surface area contributed by atoms with E-state index in [1.807, 2.05) is 0 Å². The number of aliphatic hydroxyl groups excluding tert-OH is 1. The van der Waals surface area contributed by atoms with E-state index in [1.165, 1.54) is 12.1 Å². The van der Waals surface area contributed by atoms with Crippen molar-refractivity contribution in [2.45, 2.75) is 31.8 Å². The maximum atomic E-state index is 12.7. The molecule has 0 spiro atoms. The Hall–Kier alpha value is -1.09. The largest absolute Gasteiger partial charge is 0.490 e. The molecule has 0 saturated heterocycles. The first-order valence-corrected chi connectivity index (χ1v) is 5.81. The van der Waals surface area contributed by atoms with Gasteiger partial charge in [-0.3, -0.25) is 0 Å². The summed E-state index contributed by atoms with van der Waals surface area (Å²) in [4.78, 5) is 0. The van der Waals surface area contributed by atoms with Crippen LogP contribution in [0.4, 0.5) is 4.39 Å². The smallest absolute Gasteiger partial charge is 0.123 e. The van der Waals surface area contributed by atoms with E-state index in [-0.39, 0.29) is 18.5 Å². The second-order valence-corrected chi connectivity index (χ2v) is 4.40. The van der Waals surface area contributed by atoms with E-state index in [0.717, 1.165) is 31.4 Å². The van der Waals surface area contributed by atoms with Crippen LogP contribution in [0.1, 0.15) is 25.7 Å². The number of benzene rings is 1. The van der Waals surface area contributed by atoms with E-state index in [9.17, 15) is 4.39 Å². The first-order chi connectivity index (χ1) is 7.78. The van der Waals surface area contributed by atoms with Gasteiger partial charge in [-0.2, -0.15) is 0 Å². The Bertz CT molecular complexity index is 315. The van der Waals surface area contributed by atoms with Crippen LogP contribution in [-0.4, -0.2) is 17.8 Å². The molecule has 1 aliphatic rings. The van der Waals surface area contributed by atoms with E-state index in [1.54, 1.807) is 12.1 Å². The van der Waals surface area contributed by atoms with Gasteiger partial charge < -0.3 is 9.84 Å². The Balaban J connectivity index is 1.84. The van der Waals surface area contributed by atoms with Gasteiger partial charge in [-0.15, -0.1) is 0 Å². The maximum Gasteiger partial charge on any atom is 0.123 e. The summed E-state index contributed by atoms with van der Waals surface area (Å²) in [6.07, 6.45) is 4.20. The molecule has 0 aromatic heterocycles. The Morgan fingerprint density at radius 2 is 1.75 bits per heavy atom.